The van der Waals surface area contributed by atoms with Crippen molar-refractivity contribution in [2.24, 2.45) is 0 Å². The van der Waals surface area contributed by atoms with Crippen molar-refractivity contribution in [3.8, 4) is 0 Å². The number of morpholine rings is 1. The van der Waals surface area contributed by atoms with E-state index in [-0.39, 0.29) is 35.8 Å². The molecule has 1 amide bonds. The van der Waals surface area contributed by atoms with Crippen molar-refractivity contribution < 1.29 is 27.5 Å². The van der Waals surface area contributed by atoms with Gasteiger partial charge >= 0.3 is 5.97 Å². The molecule has 8 nitrogen and oxygen atoms in total. The molecular formula is C23H24N2O6S2. The van der Waals surface area contributed by atoms with Gasteiger partial charge in [0.1, 0.15) is 4.88 Å². The molecule has 0 aliphatic carbocycles. The lowest BCUT2D eigenvalue weighted by atomic mass is 10.2. The Bertz CT molecular complexity index is 1290. The molecule has 174 valence electrons. The molecule has 0 saturated carbocycles. The Balaban J connectivity index is 1.58. The van der Waals surface area contributed by atoms with E-state index < -0.39 is 21.9 Å². The lowest BCUT2D eigenvalue weighted by molar-refractivity contribution is -0.0440. The summed E-state index contributed by atoms with van der Waals surface area (Å²) in [7, 11) is -2.42. The number of ether oxygens (including phenoxy) is 2. The second-order valence-corrected chi connectivity index (χ2v) is 10.8. The molecule has 1 saturated heterocycles. The van der Waals surface area contributed by atoms with Gasteiger partial charge in [0.2, 0.25) is 10.0 Å². The predicted molar refractivity (Wildman–Crippen MR) is 126 cm³/mol. The van der Waals surface area contributed by atoms with Gasteiger partial charge in [0.05, 0.1) is 29.9 Å². The molecule has 1 aliphatic heterocycles. The van der Waals surface area contributed by atoms with E-state index in [0.29, 0.717) is 10.6 Å². The van der Waals surface area contributed by atoms with Crippen LogP contribution in [0.2, 0.25) is 0 Å². The van der Waals surface area contributed by atoms with Gasteiger partial charge in [-0.15, -0.1) is 11.3 Å². The first-order chi connectivity index (χ1) is 15.7. The highest BCUT2D eigenvalue weighted by Crippen LogP contribution is 2.36. The van der Waals surface area contributed by atoms with Gasteiger partial charge in [0, 0.05) is 28.7 Å². The Morgan fingerprint density at radius 1 is 1.06 bits per heavy atom. The fourth-order valence-corrected chi connectivity index (χ4v) is 6.51. The molecule has 3 aromatic rings. The third-order valence-electron chi connectivity index (χ3n) is 5.35. The number of amides is 1. The molecule has 1 fully saturated rings. The van der Waals surface area contributed by atoms with Gasteiger partial charge in [-0.3, -0.25) is 4.79 Å². The molecule has 33 heavy (non-hydrogen) atoms. The SMILES string of the molecule is COC(=O)c1sc2ccccc2c1NC(=O)c1ccc(S(=O)(=O)N2CC(C)OC(C)C2)cc1. The molecule has 1 aliphatic rings. The van der Waals surface area contributed by atoms with Crippen molar-refractivity contribution >= 4 is 49.0 Å². The number of fused-ring (bicyclic) bond motifs is 1. The molecule has 4 rings (SSSR count). The summed E-state index contributed by atoms with van der Waals surface area (Å²) in [5.41, 5.74) is 0.643. The van der Waals surface area contributed by atoms with Crippen molar-refractivity contribution in [2.45, 2.75) is 31.0 Å². The summed E-state index contributed by atoms with van der Waals surface area (Å²) in [6, 6.07) is 13.1. The van der Waals surface area contributed by atoms with Crippen molar-refractivity contribution in [1.29, 1.82) is 0 Å². The molecule has 0 radical (unpaired) electrons. The monoisotopic (exact) mass is 488 g/mol. The van der Waals surface area contributed by atoms with Crippen LogP contribution in [0.5, 0.6) is 0 Å². The number of thiophene rings is 1. The molecule has 2 heterocycles. The van der Waals surface area contributed by atoms with E-state index in [1.807, 2.05) is 38.1 Å². The van der Waals surface area contributed by atoms with E-state index >= 15 is 0 Å². The molecule has 1 aromatic heterocycles. The zero-order chi connectivity index (χ0) is 23.8. The van der Waals surface area contributed by atoms with Crippen molar-refractivity contribution in [3.05, 3.63) is 59.0 Å². The van der Waals surface area contributed by atoms with Crippen LogP contribution in [-0.4, -0.2) is 57.0 Å². The Morgan fingerprint density at radius 3 is 2.33 bits per heavy atom. The standard InChI is InChI=1S/C23H24N2O6S2/c1-14-12-25(13-15(2)31-14)33(28,29)17-10-8-16(9-11-17)22(26)24-20-18-6-4-5-7-19(18)32-21(20)23(27)30-3/h4-11,14-15H,12-13H2,1-3H3,(H,24,26). The number of carbonyl (C=O) groups excluding carboxylic acids is 2. The normalized spacial score (nSPS) is 19.4. The Morgan fingerprint density at radius 2 is 1.70 bits per heavy atom. The maximum Gasteiger partial charge on any atom is 0.350 e. The lowest BCUT2D eigenvalue weighted by Gasteiger charge is -2.34. The number of nitrogens with one attached hydrogen (secondary N) is 1. The van der Waals surface area contributed by atoms with E-state index in [0.717, 1.165) is 10.1 Å². The van der Waals surface area contributed by atoms with Crippen molar-refractivity contribution in [3.63, 3.8) is 0 Å². The fourth-order valence-electron chi connectivity index (χ4n) is 3.85. The van der Waals surface area contributed by atoms with Gasteiger partial charge in [0.25, 0.3) is 5.91 Å². The van der Waals surface area contributed by atoms with Crippen LogP contribution in [0.3, 0.4) is 0 Å². The molecule has 1 N–H and O–H groups in total. The number of esters is 1. The smallest absolute Gasteiger partial charge is 0.350 e. The van der Waals surface area contributed by atoms with Gasteiger partial charge in [0.15, 0.2) is 0 Å². The molecule has 2 aromatic carbocycles. The van der Waals surface area contributed by atoms with E-state index in [1.165, 1.54) is 47.0 Å². The number of hydrogen-bond donors (Lipinski definition) is 1. The van der Waals surface area contributed by atoms with Gasteiger partial charge in [-0.05, 0) is 44.2 Å². The van der Waals surface area contributed by atoms with Crippen LogP contribution >= 0.6 is 11.3 Å². The maximum absolute atomic E-state index is 13.0. The van der Waals surface area contributed by atoms with Crippen LogP contribution in [0.1, 0.15) is 33.9 Å². The van der Waals surface area contributed by atoms with E-state index in [4.69, 9.17) is 9.47 Å². The molecular weight excluding hydrogens is 464 g/mol. The Hall–Kier alpha value is -2.79. The summed E-state index contributed by atoms with van der Waals surface area (Å²) in [6.45, 7) is 4.22. The number of sulfonamides is 1. The minimum absolute atomic E-state index is 0.108. The first kappa shape index (κ1) is 23.4. The van der Waals surface area contributed by atoms with Crippen molar-refractivity contribution in [2.75, 3.05) is 25.5 Å². The largest absolute Gasteiger partial charge is 0.465 e. The van der Waals surface area contributed by atoms with Gasteiger partial charge in [-0.25, -0.2) is 13.2 Å². The third kappa shape index (κ3) is 4.65. The number of methoxy groups -OCH3 is 1. The molecule has 2 unspecified atom stereocenters. The van der Waals surface area contributed by atoms with Crippen molar-refractivity contribution in [1.82, 2.24) is 4.31 Å². The average molecular weight is 489 g/mol. The Kier molecular flexibility index (Phi) is 6.53. The number of hydrogen-bond acceptors (Lipinski definition) is 7. The van der Waals surface area contributed by atoms with E-state index in [2.05, 4.69) is 5.32 Å². The minimum atomic E-state index is -3.71. The number of benzene rings is 2. The average Bonchev–Trinajstić information content (AvgIpc) is 3.16. The zero-order valence-electron chi connectivity index (χ0n) is 18.4. The van der Waals surface area contributed by atoms with E-state index in [9.17, 15) is 18.0 Å². The highest BCUT2D eigenvalue weighted by Gasteiger charge is 2.32. The van der Waals surface area contributed by atoms with Crippen LogP contribution in [0.4, 0.5) is 5.69 Å². The predicted octanol–water partition coefficient (Wildman–Crippen LogP) is 3.74. The summed E-state index contributed by atoms with van der Waals surface area (Å²) in [5.74, 6) is -0.997. The summed E-state index contributed by atoms with van der Waals surface area (Å²) >= 11 is 1.23. The lowest BCUT2D eigenvalue weighted by Crippen LogP contribution is -2.48. The summed E-state index contributed by atoms with van der Waals surface area (Å²) < 4.78 is 38.8. The number of carbonyl (C=O) groups is 2. The second kappa shape index (κ2) is 9.22. The zero-order valence-corrected chi connectivity index (χ0v) is 20.0. The van der Waals surface area contributed by atoms with Crippen LogP contribution in [0.15, 0.2) is 53.4 Å². The number of anilines is 1. The number of nitrogens with zero attached hydrogens (tertiary/aromatic N) is 1. The minimum Gasteiger partial charge on any atom is -0.465 e. The first-order valence-corrected chi connectivity index (χ1v) is 12.6. The quantitative estimate of drug-likeness (QED) is 0.549. The van der Waals surface area contributed by atoms with Gasteiger partial charge in [-0.2, -0.15) is 4.31 Å². The van der Waals surface area contributed by atoms with Crippen LogP contribution in [0, 0.1) is 0 Å². The van der Waals surface area contributed by atoms with Gasteiger partial charge in [-0.1, -0.05) is 18.2 Å². The fraction of sp³-hybridized carbons (Fsp3) is 0.304. The molecule has 10 heteroatoms. The van der Waals surface area contributed by atoms with Crippen LogP contribution in [-0.2, 0) is 19.5 Å². The van der Waals surface area contributed by atoms with Crippen LogP contribution in [0.25, 0.3) is 10.1 Å². The third-order valence-corrected chi connectivity index (χ3v) is 8.34. The summed E-state index contributed by atoms with van der Waals surface area (Å²) in [5, 5.41) is 3.52. The maximum atomic E-state index is 13.0. The Labute approximate surface area is 196 Å². The highest BCUT2D eigenvalue weighted by atomic mass is 32.2. The van der Waals surface area contributed by atoms with Gasteiger partial charge < -0.3 is 14.8 Å². The topological polar surface area (TPSA) is 102 Å². The molecule has 0 spiro atoms. The number of rotatable bonds is 5. The summed E-state index contributed by atoms with van der Waals surface area (Å²) in [4.78, 5) is 25.6. The highest BCUT2D eigenvalue weighted by molar-refractivity contribution is 7.89. The first-order valence-electron chi connectivity index (χ1n) is 10.4. The second-order valence-electron chi connectivity index (χ2n) is 7.85. The summed E-state index contributed by atoms with van der Waals surface area (Å²) in [6.07, 6.45) is -0.393. The molecule has 2 atom stereocenters. The van der Waals surface area contributed by atoms with E-state index in [1.54, 1.807) is 0 Å². The van der Waals surface area contributed by atoms with Crippen LogP contribution < -0.4 is 5.32 Å². The molecule has 0 bridgehead atoms.